The molecule has 0 aliphatic heterocycles. The Bertz CT molecular complexity index is 459. The lowest BCUT2D eigenvalue weighted by Crippen LogP contribution is -2.15. The van der Waals surface area contributed by atoms with Crippen LogP contribution in [0.2, 0.25) is 5.02 Å². The minimum Gasteiger partial charge on any atom is -0.489 e. The van der Waals surface area contributed by atoms with Gasteiger partial charge in [0, 0.05) is 0 Å². The van der Waals surface area contributed by atoms with E-state index in [4.69, 9.17) is 16.3 Å². The molecule has 1 N–H and O–H groups in total. The monoisotopic (exact) mass is 270 g/mol. The van der Waals surface area contributed by atoms with Crippen molar-refractivity contribution in [3.8, 4) is 5.75 Å². The van der Waals surface area contributed by atoms with Crippen molar-refractivity contribution in [1.29, 1.82) is 0 Å². The minimum absolute atomic E-state index is 0.112. The van der Waals surface area contributed by atoms with Crippen LogP contribution in [0.4, 0.5) is 0 Å². The Hall–Kier alpha value is -1.22. The summed E-state index contributed by atoms with van der Waals surface area (Å²) in [6.45, 7) is 9.69. The molecule has 0 aliphatic carbocycles. The first-order valence-corrected chi connectivity index (χ1v) is 6.24. The minimum atomic E-state index is -1.03. The van der Waals surface area contributed by atoms with Gasteiger partial charge in [-0.15, -0.1) is 0 Å². The normalized spacial score (nSPS) is 11.7. The first-order valence-electron chi connectivity index (χ1n) is 5.87. The third-order valence-electron chi connectivity index (χ3n) is 2.49. The number of carboxylic acid groups (broad SMARTS) is 1. The average Bonchev–Trinajstić information content (AvgIpc) is 2.17. The molecule has 0 unspecified atom stereocenters. The number of rotatable bonds is 3. The molecular weight excluding hydrogens is 252 g/mol. The summed E-state index contributed by atoms with van der Waals surface area (Å²) in [4.78, 5) is 11.3. The predicted octanol–water partition coefficient (Wildman–Crippen LogP) is 4.12. The fraction of sp³-hybridized carbons (Fsp3) is 0.500. The van der Waals surface area contributed by atoms with Crippen LogP contribution in [0.5, 0.6) is 5.75 Å². The fourth-order valence-corrected chi connectivity index (χ4v) is 1.80. The highest BCUT2D eigenvalue weighted by Gasteiger charge is 2.22. The van der Waals surface area contributed by atoms with E-state index in [2.05, 4.69) is 0 Å². The Balaban J connectivity index is 3.41. The van der Waals surface area contributed by atoms with E-state index in [1.54, 1.807) is 12.1 Å². The first-order chi connectivity index (χ1) is 8.12. The Morgan fingerprint density at radius 1 is 1.33 bits per heavy atom. The maximum Gasteiger partial charge on any atom is 0.339 e. The van der Waals surface area contributed by atoms with Crippen LogP contribution >= 0.6 is 11.6 Å². The maximum absolute atomic E-state index is 11.3. The SMILES string of the molecule is CC(C)Oc1c(Cl)cc(C(C)(C)C)cc1C(=O)O. The second-order valence-electron chi connectivity index (χ2n) is 5.56. The summed E-state index contributed by atoms with van der Waals surface area (Å²) in [5.74, 6) is -0.786. The van der Waals surface area contributed by atoms with E-state index in [-0.39, 0.29) is 22.8 Å². The zero-order valence-electron chi connectivity index (χ0n) is 11.4. The maximum atomic E-state index is 11.3. The number of hydrogen-bond acceptors (Lipinski definition) is 2. The van der Waals surface area contributed by atoms with Gasteiger partial charge in [-0.25, -0.2) is 4.79 Å². The third kappa shape index (κ3) is 3.39. The molecule has 0 radical (unpaired) electrons. The number of aromatic carboxylic acids is 1. The van der Waals surface area contributed by atoms with Gasteiger partial charge in [0.1, 0.15) is 5.56 Å². The molecule has 18 heavy (non-hydrogen) atoms. The number of carbonyl (C=O) groups is 1. The van der Waals surface area contributed by atoms with Crippen LogP contribution in [0.1, 0.15) is 50.5 Å². The molecule has 0 saturated heterocycles. The summed E-state index contributed by atoms with van der Waals surface area (Å²) < 4.78 is 5.49. The van der Waals surface area contributed by atoms with Crippen LogP contribution in [0, 0.1) is 0 Å². The zero-order chi connectivity index (χ0) is 14.1. The molecule has 1 aromatic rings. The smallest absolute Gasteiger partial charge is 0.339 e. The molecule has 0 spiro atoms. The Morgan fingerprint density at radius 3 is 2.28 bits per heavy atom. The lowest BCUT2D eigenvalue weighted by Gasteiger charge is -2.22. The molecule has 0 heterocycles. The van der Waals surface area contributed by atoms with Crippen molar-refractivity contribution >= 4 is 17.6 Å². The van der Waals surface area contributed by atoms with Gasteiger partial charge in [-0.2, -0.15) is 0 Å². The number of ether oxygens (including phenoxy) is 1. The highest BCUT2D eigenvalue weighted by atomic mass is 35.5. The lowest BCUT2D eigenvalue weighted by atomic mass is 9.86. The molecular formula is C14H19ClO3. The second-order valence-corrected chi connectivity index (χ2v) is 5.96. The molecule has 3 nitrogen and oxygen atoms in total. The highest BCUT2D eigenvalue weighted by molar-refractivity contribution is 6.32. The van der Waals surface area contributed by atoms with Gasteiger partial charge in [0.2, 0.25) is 0 Å². The zero-order valence-corrected chi connectivity index (χ0v) is 12.1. The number of hydrogen-bond donors (Lipinski definition) is 1. The van der Waals surface area contributed by atoms with Crippen molar-refractivity contribution in [2.45, 2.75) is 46.1 Å². The molecule has 1 rings (SSSR count). The Labute approximate surface area is 113 Å². The van der Waals surface area contributed by atoms with Gasteiger partial charge < -0.3 is 9.84 Å². The molecule has 0 atom stereocenters. The van der Waals surface area contributed by atoms with E-state index in [1.807, 2.05) is 34.6 Å². The van der Waals surface area contributed by atoms with E-state index in [0.29, 0.717) is 5.02 Å². The van der Waals surface area contributed by atoms with Gasteiger partial charge in [0.15, 0.2) is 5.75 Å². The Kier molecular flexibility index (Phi) is 4.28. The van der Waals surface area contributed by atoms with Gasteiger partial charge in [-0.05, 0) is 37.0 Å². The van der Waals surface area contributed by atoms with Crippen LogP contribution in [-0.2, 0) is 5.41 Å². The summed E-state index contributed by atoms with van der Waals surface area (Å²) >= 11 is 6.14. The summed E-state index contributed by atoms with van der Waals surface area (Å²) in [6.07, 6.45) is -0.124. The van der Waals surface area contributed by atoms with E-state index in [0.717, 1.165) is 5.56 Å². The first kappa shape index (κ1) is 14.8. The average molecular weight is 271 g/mol. The van der Waals surface area contributed by atoms with Crippen LogP contribution < -0.4 is 4.74 Å². The standard InChI is InChI=1S/C14H19ClO3/c1-8(2)18-12-10(13(16)17)6-9(7-11(12)15)14(3,4)5/h6-8H,1-5H3,(H,16,17). The summed E-state index contributed by atoms with van der Waals surface area (Å²) in [5.41, 5.74) is 0.826. The topological polar surface area (TPSA) is 46.5 Å². The van der Waals surface area contributed by atoms with Crippen LogP contribution in [0.25, 0.3) is 0 Å². The molecule has 4 heteroatoms. The van der Waals surface area contributed by atoms with Crippen molar-refractivity contribution in [3.63, 3.8) is 0 Å². The fourth-order valence-electron chi connectivity index (χ4n) is 1.54. The van der Waals surface area contributed by atoms with Gasteiger partial charge in [0.25, 0.3) is 0 Å². The van der Waals surface area contributed by atoms with Gasteiger partial charge in [-0.1, -0.05) is 32.4 Å². The summed E-state index contributed by atoms with van der Waals surface area (Å²) in [5, 5.41) is 9.60. The van der Waals surface area contributed by atoms with E-state index < -0.39 is 5.97 Å². The number of carboxylic acids is 1. The number of halogens is 1. The molecule has 0 bridgehead atoms. The van der Waals surface area contributed by atoms with Gasteiger partial charge >= 0.3 is 5.97 Å². The molecule has 0 amide bonds. The summed E-state index contributed by atoms with van der Waals surface area (Å²) in [6, 6.07) is 3.40. The molecule has 0 fully saturated rings. The van der Waals surface area contributed by atoms with Crippen molar-refractivity contribution in [1.82, 2.24) is 0 Å². The van der Waals surface area contributed by atoms with E-state index >= 15 is 0 Å². The quantitative estimate of drug-likeness (QED) is 0.898. The Morgan fingerprint density at radius 2 is 1.89 bits per heavy atom. The molecule has 100 valence electrons. The predicted molar refractivity (Wildman–Crippen MR) is 72.9 cm³/mol. The second kappa shape index (κ2) is 5.19. The van der Waals surface area contributed by atoms with Crippen molar-refractivity contribution in [2.75, 3.05) is 0 Å². The van der Waals surface area contributed by atoms with E-state index in [1.165, 1.54) is 0 Å². The van der Waals surface area contributed by atoms with E-state index in [9.17, 15) is 9.90 Å². The molecule has 1 aromatic carbocycles. The largest absolute Gasteiger partial charge is 0.489 e. The third-order valence-corrected chi connectivity index (χ3v) is 2.77. The van der Waals surface area contributed by atoms with Crippen LogP contribution in [0.3, 0.4) is 0 Å². The lowest BCUT2D eigenvalue weighted by molar-refractivity contribution is 0.0690. The van der Waals surface area contributed by atoms with Gasteiger partial charge in [0.05, 0.1) is 11.1 Å². The molecule has 0 aromatic heterocycles. The van der Waals surface area contributed by atoms with Crippen molar-refractivity contribution in [3.05, 3.63) is 28.3 Å². The highest BCUT2D eigenvalue weighted by Crippen LogP contribution is 2.35. The van der Waals surface area contributed by atoms with Crippen LogP contribution in [0.15, 0.2) is 12.1 Å². The van der Waals surface area contributed by atoms with Crippen molar-refractivity contribution < 1.29 is 14.6 Å². The molecule has 0 aliphatic rings. The van der Waals surface area contributed by atoms with Gasteiger partial charge in [-0.3, -0.25) is 0 Å². The number of benzene rings is 1. The molecule has 0 saturated carbocycles. The summed E-state index contributed by atoms with van der Waals surface area (Å²) in [7, 11) is 0. The van der Waals surface area contributed by atoms with Crippen LogP contribution in [-0.4, -0.2) is 17.2 Å². The van der Waals surface area contributed by atoms with Crippen molar-refractivity contribution in [2.24, 2.45) is 0 Å².